The fourth-order valence-corrected chi connectivity index (χ4v) is 2.98. The third-order valence-corrected chi connectivity index (χ3v) is 4.50. The zero-order valence-corrected chi connectivity index (χ0v) is 14.1. The predicted molar refractivity (Wildman–Crippen MR) is 89.3 cm³/mol. The number of benzene rings is 1. The van der Waals surface area contributed by atoms with Crippen LogP contribution in [0.1, 0.15) is 40.6 Å². The van der Waals surface area contributed by atoms with Crippen LogP contribution in [-0.4, -0.2) is 52.0 Å². The van der Waals surface area contributed by atoms with E-state index >= 15 is 0 Å². The minimum Gasteiger partial charge on any atom is -0.366 e. The van der Waals surface area contributed by atoms with Crippen LogP contribution >= 0.6 is 0 Å². The number of hydrogen-bond donors (Lipinski definition) is 1. The van der Waals surface area contributed by atoms with E-state index in [1.807, 2.05) is 19.1 Å². The molecule has 2 N–H and O–H groups in total. The summed E-state index contributed by atoms with van der Waals surface area (Å²) in [5, 5.41) is 3.87. The van der Waals surface area contributed by atoms with Crippen LogP contribution in [-0.2, 0) is 6.54 Å². The Labute approximate surface area is 141 Å². The lowest BCUT2D eigenvalue weighted by molar-refractivity contribution is 0.0845. The van der Waals surface area contributed by atoms with Crippen LogP contribution < -0.4 is 5.73 Å². The summed E-state index contributed by atoms with van der Waals surface area (Å²) in [6, 6.07) is 7.65. The zero-order valence-electron chi connectivity index (χ0n) is 14.1. The van der Waals surface area contributed by atoms with E-state index in [9.17, 15) is 4.79 Å². The predicted octanol–water partition coefficient (Wildman–Crippen LogP) is 1.36. The second kappa shape index (κ2) is 7.11. The number of carbonyl (C=O) groups is 1. The zero-order chi connectivity index (χ0) is 17.1. The molecule has 7 heteroatoms. The van der Waals surface area contributed by atoms with Crippen molar-refractivity contribution in [1.82, 2.24) is 19.9 Å². The van der Waals surface area contributed by atoms with Crippen LogP contribution in [0.5, 0.6) is 0 Å². The van der Waals surface area contributed by atoms with E-state index in [1.54, 1.807) is 12.1 Å². The van der Waals surface area contributed by atoms with Gasteiger partial charge in [0, 0.05) is 38.3 Å². The molecule has 0 aliphatic carbocycles. The number of hydrogen-bond acceptors (Lipinski definition) is 6. The number of aryl methyl sites for hydroxylation is 1. The van der Waals surface area contributed by atoms with E-state index in [1.165, 1.54) is 5.56 Å². The maximum Gasteiger partial charge on any atom is 0.248 e. The Kier molecular flexibility index (Phi) is 4.92. The molecule has 1 unspecified atom stereocenters. The Hall–Kier alpha value is -2.25. The minimum atomic E-state index is -0.389. The molecule has 1 aliphatic rings. The molecule has 2 aromatic rings. The van der Waals surface area contributed by atoms with Crippen molar-refractivity contribution in [2.45, 2.75) is 26.4 Å². The molecule has 128 valence electrons. The monoisotopic (exact) mass is 329 g/mol. The van der Waals surface area contributed by atoms with Crippen molar-refractivity contribution in [1.29, 1.82) is 0 Å². The molecule has 1 amide bonds. The number of piperazine rings is 1. The van der Waals surface area contributed by atoms with Crippen LogP contribution in [0.2, 0.25) is 0 Å². The van der Waals surface area contributed by atoms with Crippen molar-refractivity contribution in [2.75, 3.05) is 26.2 Å². The molecule has 3 rings (SSSR count). The smallest absolute Gasteiger partial charge is 0.248 e. The Morgan fingerprint density at radius 2 is 1.92 bits per heavy atom. The highest BCUT2D eigenvalue weighted by Crippen LogP contribution is 2.20. The highest BCUT2D eigenvalue weighted by atomic mass is 16.5. The summed E-state index contributed by atoms with van der Waals surface area (Å²) < 4.78 is 5.28. The van der Waals surface area contributed by atoms with Gasteiger partial charge in [-0.05, 0) is 31.5 Å². The van der Waals surface area contributed by atoms with Gasteiger partial charge in [-0.15, -0.1) is 0 Å². The fourth-order valence-electron chi connectivity index (χ4n) is 2.98. The van der Waals surface area contributed by atoms with E-state index in [0.29, 0.717) is 17.3 Å². The number of amides is 1. The Bertz CT molecular complexity index is 689. The highest BCUT2D eigenvalue weighted by molar-refractivity contribution is 5.92. The van der Waals surface area contributed by atoms with Crippen LogP contribution in [0, 0.1) is 6.92 Å². The van der Waals surface area contributed by atoms with Crippen molar-refractivity contribution in [3.63, 3.8) is 0 Å². The molecule has 1 aromatic heterocycles. The largest absolute Gasteiger partial charge is 0.366 e. The number of rotatable bonds is 5. The van der Waals surface area contributed by atoms with Crippen molar-refractivity contribution >= 4 is 5.91 Å². The van der Waals surface area contributed by atoms with E-state index in [-0.39, 0.29) is 11.9 Å². The molecule has 0 saturated carbocycles. The first-order valence-electron chi connectivity index (χ1n) is 8.18. The first kappa shape index (κ1) is 16.6. The molecule has 1 atom stereocenters. The molecular formula is C17H23N5O2. The fraction of sp³-hybridized carbons (Fsp3) is 0.471. The lowest BCUT2D eigenvalue weighted by atomic mass is 10.1. The number of carbonyl (C=O) groups excluding carboxylic acids is 1. The van der Waals surface area contributed by atoms with Crippen molar-refractivity contribution in [3.05, 3.63) is 47.1 Å². The topological polar surface area (TPSA) is 88.5 Å². The van der Waals surface area contributed by atoms with Gasteiger partial charge in [0.25, 0.3) is 0 Å². The Morgan fingerprint density at radius 1 is 1.25 bits per heavy atom. The van der Waals surface area contributed by atoms with Gasteiger partial charge in [0.15, 0.2) is 5.82 Å². The Morgan fingerprint density at radius 3 is 2.46 bits per heavy atom. The summed E-state index contributed by atoms with van der Waals surface area (Å²) >= 11 is 0. The molecule has 1 saturated heterocycles. The van der Waals surface area contributed by atoms with Crippen molar-refractivity contribution in [2.24, 2.45) is 5.73 Å². The van der Waals surface area contributed by atoms with Gasteiger partial charge in [0.05, 0.1) is 6.04 Å². The average molecular weight is 329 g/mol. The van der Waals surface area contributed by atoms with Crippen LogP contribution in [0.3, 0.4) is 0 Å². The first-order valence-corrected chi connectivity index (χ1v) is 8.18. The molecule has 1 aromatic carbocycles. The van der Waals surface area contributed by atoms with Crippen LogP contribution in [0.15, 0.2) is 28.8 Å². The summed E-state index contributed by atoms with van der Waals surface area (Å²) in [6.45, 7) is 8.70. The maximum atomic E-state index is 11.1. The summed E-state index contributed by atoms with van der Waals surface area (Å²) in [5.74, 6) is 0.971. The SMILES string of the molecule is Cc1noc(C(C)N2CCN(Cc3ccc(C(N)=O)cc3)CC2)n1. The van der Waals surface area contributed by atoms with E-state index in [0.717, 1.165) is 32.7 Å². The average Bonchev–Trinajstić information content (AvgIpc) is 3.02. The quantitative estimate of drug-likeness (QED) is 0.891. The van der Waals surface area contributed by atoms with Gasteiger partial charge in [0.2, 0.25) is 11.8 Å². The second-order valence-electron chi connectivity index (χ2n) is 6.23. The Balaban J connectivity index is 1.52. The standard InChI is InChI=1S/C17H23N5O2/c1-12(17-19-13(2)20-24-17)22-9-7-21(8-10-22)11-14-3-5-15(6-4-14)16(18)23/h3-6,12H,7-11H2,1-2H3,(H2,18,23). The molecule has 0 spiro atoms. The molecule has 1 aliphatic heterocycles. The van der Waals surface area contributed by atoms with Gasteiger partial charge in [-0.1, -0.05) is 17.3 Å². The molecule has 2 heterocycles. The van der Waals surface area contributed by atoms with Crippen molar-refractivity contribution in [3.8, 4) is 0 Å². The highest BCUT2D eigenvalue weighted by Gasteiger charge is 2.25. The number of nitrogens with zero attached hydrogens (tertiary/aromatic N) is 4. The number of primary amides is 1. The summed E-state index contributed by atoms with van der Waals surface area (Å²) in [7, 11) is 0. The van der Waals surface area contributed by atoms with Gasteiger partial charge >= 0.3 is 0 Å². The summed E-state index contributed by atoms with van der Waals surface area (Å²) in [4.78, 5) is 20.2. The molecule has 0 bridgehead atoms. The van der Waals surface area contributed by atoms with E-state index in [2.05, 4.69) is 26.9 Å². The maximum absolute atomic E-state index is 11.1. The molecule has 7 nitrogen and oxygen atoms in total. The van der Waals surface area contributed by atoms with Crippen LogP contribution in [0.25, 0.3) is 0 Å². The minimum absolute atomic E-state index is 0.142. The first-order chi connectivity index (χ1) is 11.5. The van der Waals surface area contributed by atoms with Gasteiger partial charge in [0.1, 0.15) is 0 Å². The normalized spacial score (nSPS) is 17.8. The van der Waals surface area contributed by atoms with E-state index < -0.39 is 0 Å². The summed E-state index contributed by atoms with van der Waals surface area (Å²) in [6.07, 6.45) is 0. The molecule has 1 fully saturated rings. The van der Waals surface area contributed by atoms with Gasteiger partial charge in [-0.2, -0.15) is 4.98 Å². The lowest BCUT2D eigenvalue weighted by Gasteiger charge is -2.36. The van der Waals surface area contributed by atoms with Crippen molar-refractivity contribution < 1.29 is 9.32 Å². The lowest BCUT2D eigenvalue weighted by Crippen LogP contribution is -2.46. The third kappa shape index (κ3) is 3.80. The van der Waals surface area contributed by atoms with Gasteiger partial charge < -0.3 is 10.3 Å². The van der Waals surface area contributed by atoms with Gasteiger partial charge in [-0.3, -0.25) is 14.6 Å². The number of nitrogens with two attached hydrogens (primary N) is 1. The number of aromatic nitrogens is 2. The third-order valence-electron chi connectivity index (χ3n) is 4.50. The van der Waals surface area contributed by atoms with Crippen LogP contribution in [0.4, 0.5) is 0 Å². The molecule has 24 heavy (non-hydrogen) atoms. The van der Waals surface area contributed by atoms with E-state index in [4.69, 9.17) is 10.3 Å². The second-order valence-corrected chi connectivity index (χ2v) is 6.23. The molecular weight excluding hydrogens is 306 g/mol. The summed E-state index contributed by atoms with van der Waals surface area (Å²) in [5.41, 5.74) is 7.01. The van der Waals surface area contributed by atoms with Gasteiger partial charge in [-0.25, -0.2) is 0 Å². The molecule has 0 radical (unpaired) electrons.